The van der Waals surface area contributed by atoms with Crippen molar-refractivity contribution in [2.24, 2.45) is 5.92 Å². The van der Waals surface area contributed by atoms with Crippen molar-refractivity contribution in [3.05, 3.63) is 0 Å². The van der Waals surface area contributed by atoms with Crippen molar-refractivity contribution >= 4 is 0 Å². The fourth-order valence-electron chi connectivity index (χ4n) is 1.35. The Hall–Kier alpha value is -0.480. The van der Waals surface area contributed by atoms with Gasteiger partial charge in [0.2, 0.25) is 0 Å². The lowest BCUT2D eigenvalue weighted by Gasteiger charge is -2.28. The third-order valence-electron chi connectivity index (χ3n) is 2.19. The van der Waals surface area contributed by atoms with Crippen molar-refractivity contribution in [3.63, 3.8) is 0 Å². The molecule has 1 aliphatic rings. The van der Waals surface area contributed by atoms with Crippen LogP contribution in [0.25, 0.3) is 0 Å². The van der Waals surface area contributed by atoms with Crippen LogP contribution in [0.4, 0.5) is 0 Å². The summed E-state index contributed by atoms with van der Waals surface area (Å²) >= 11 is 0. The molecule has 0 aromatic carbocycles. The molecule has 1 heterocycles. The Morgan fingerprint density at radius 2 is 1.83 bits per heavy atom. The third-order valence-corrected chi connectivity index (χ3v) is 2.19. The Labute approximate surface area is 77.1 Å². The highest BCUT2D eigenvalue weighted by Gasteiger charge is 2.13. The highest BCUT2D eigenvalue weighted by molar-refractivity contribution is 4.89. The molecule has 0 saturated carbocycles. The fraction of sp³-hybridized carbons (Fsp3) is 0.818. The molecule has 0 unspecified atom stereocenters. The van der Waals surface area contributed by atoms with Gasteiger partial charge in [0.05, 0.1) is 6.54 Å². The number of rotatable bonds is 1. The van der Waals surface area contributed by atoms with E-state index in [1.165, 1.54) is 25.9 Å². The maximum Gasteiger partial charge on any atom is 0.0598 e. The van der Waals surface area contributed by atoms with Crippen LogP contribution < -0.4 is 0 Å². The summed E-state index contributed by atoms with van der Waals surface area (Å²) in [4.78, 5) is 2.35. The number of nitrogens with zero attached hydrogens (tertiary/aromatic N) is 1. The predicted octanol–water partition coefficient (Wildman–Crippen LogP) is 2.38. The first kappa shape index (κ1) is 11.5. The van der Waals surface area contributed by atoms with E-state index in [0.29, 0.717) is 0 Å². The lowest BCUT2D eigenvalue weighted by atomic mass is 9.99. The first-order valence-corrected chi connectivity index (χ1v) is 4.98. The lowest BCUT2D eigenvalue weighted by Crippen LogP contribution is -2.32. The number of likely N-dealkylation sites (tertiary alicyclic amines) is 1. The van der Waals surface area contributed by atoms with Crippen LogP contribution in [0, 0.1) is 18.3 Å². The molecule has 70 valence electrons. The molecule has 0 bridgehead atoms. The highest BCUT2D eigenvalue weighted by atomic mass is 15.1. The Bertz CT molecular complexity index is 126. The summed E-state index contributed by atoms with van der Waals surface area (Å²) in [5.41, 5.74) is 0. The lowest BCUT2D eigenvalue weighted by molar-refractivity contribution is 0.213. The van der Waals surface area contributed by atoms with Crippen molar-refractivity contribution in [2.45, 2.75) is 33.6 Å². The third kappa shape index (κ3) is 4.41. The Kier molecular flexibility index (Phi) is 6.90. The summed E-state index contributed by atoms with van der Waals surface area (Å²) in [6.45, 7) is 9.55. The highest BCUT2D eigenvalue weighted by Crippen LogP contribution is 2.14. The minimum Gasteiger partial charge on any atom is -0.292 e. The van der Waals surface area contributed by atoms with Crippen LogP contribution in [0.1, 0.15) is 33.6 Å². The molecule has 12 heavy (non-hydrogen) atoms. The van der Waals surface area contributed by atoms with Crippen molar-refractivity contribution < 1.29 is 0 Å². The summed E-state index contributed by atoms with van der Waals surface area (Å²) in [6.07, 6.45) is 7.84. The van der Waals surface area contributed by atoms with Gasteiger partial charge < -0.3 is 0 Å². The van der Waals surface area contributed by atoms with Crippen LogP contribution in [0.3, 0.4) is 0 Å². The van der Waals surface area contributed by atoms with Gasteiger partial charge in [-0.2, -0.15) is 0 Å². The van der Waals surface area contributed by atoms with Gasteiger partial charge in [0.25, 0.3) is 0 Å². The zero-order valence-corrected chi connectivity index (χ0v) is 8.64. The molecule has 0 aromatic heterocycles. The Morgan fingerprint density at radius 1 is 1.33 bits per heavy atom. The summed E-state index contributed by atoms with van der Waals surface area (Å²) in [5.74, 6) is 3.59. The molecule has 1 nitrogen and oxygen atoms in total. The van der Waals surface area contributed by atoms with E-state index in [4.69, 9.17) is 6.42 Å². The van der Waals surface area contributed by atoms with Crippen LogP contribution in [0.2, 0.25) is 0 Å². The zero-order valence-electron chi connectivity index (χ0n) is 8.64. The summed E-state index contributed by atoms with van der Waals surface area (Å²) in [7, 11) is 0. The van der Waals surface area contributed by atoms with Gasteiger partial charge in [0.15, 0.2) is 0 Å². The average molecular weight is 167 g/mol. The molecule has 0 radical (unpaired) electrons. The molecular weight excluding hydrogens is 146 g/mol. The van der Waals surface area contributed by atoms with Gasteiger partial charge in [-0.15, -0.1) is 6.42 Å². The maximum absolute atomic E-state index is 5.20. The fourth-order valence-corrected chi connectivity index (χ4v) is 1.35. The van der Waals surface area contributed by atoms with E-state index < -0.39 is 0 Å². The topological polar surface area (TPSA) is 3.24 Å². The molecule has 1 aliphatic heterocycles. The summed E-state index contributed by atoms with van der Waals surface area (Å²) < 4.78 is 0. The quantitative estimate of drug-likeness (QED) is 0.542. The monoisotopic (exact) mass is 167 g/mol. The van der Waals surface area contributed by atoms with Crippen molar-refractivity contribution in [3.8, 4) is 12.3 Å². The summed E-state index contributed by atoms with van der Waals surface area (Å²) in [5, 5.41) is 0. The van der Waals surface area contributed by atoms with Crippen LogP contribution in [-0.4, -0.2) is 24.5 Å². The van der Waals surface area contributed by atoms with Gasteiger partial charge in [0.1, 0.15) is 0 Å². The number of terminal acetylenes is 1. The predicted molar refractivity (Wildman–Crippen MR) is 55.0 cm³/mol. The van der Waals surface area contributed by atoms with Gasteiger partial charge in [-0.1, -0.05) is 26.7 Å². The molecule has 1 fully saturated rings. The van der Waals surface area contributed by atoms with Gasteiger partial charge >= 0.3 is 0 Å². The van der Waals surface area contributed by atoms with E-state index in [9.17, 15) is 0 Å². The second-order valence-corrected chi connectivity index (χ2v) is 3.16. The van der Waals surface area contributed by atoms with E-state index >= 15 is 0 Å². The molecule has 0 aliphatic carbocycles. The number of piperidine rings is 1. The van der Waals surface area contributed by atoms with E-state index in [-0.39, 0.29) is 0 Å². The van der Waals surface area contributed by atoms with E-state index in [0.717, 1.165) is 12.5 Å². The van der Waals surface area contributed by atoms with Crippen LogP contribution in [0.5, 0.6) is 0 Å². The van der Waals surface area contributed by atoms with Gasteiger partial charge in [-0.25, -0.2) is 0 Å². The van der Waals surface area contributed by atoms with Gasteiger partial charge in [0, 0.05) is 0 Å². The van der Waals surface area contributed by atoms with Crippen molar-refractivity contribution in [1.82, 2.24) is 4.90 Å². The second-order valence-electron chi connectivity index (χ2n) is 3.16. The Balaban J connectivity index is 0.000000561. The largest absolute Gasteiger partial charge is 0.292 e. The smallest absolute Gasteiger partial charge is 0.0598 e. The van der Waals surface area contributed by atoms with Crippen LogP contribution in [0.15, 0.2) is 0 Å². The van der Waals surface area contributed by atoms with E-state index in [1.54, 1.807) is 0 Å². The minimum atomic E-state index is 0.840. The first-order chi connectivity index (χ1) is 5.83. The molecule has 0 atom stereocenters. The molecule has 0 spiro atoms. The molecule has 1 rings (SSSR count). The molecule has 1 saturated heterocycles. The minimum absolute atomic E-state index is 0.840. The molecule has 0 N–H and O–H groups in total. The molecule has 0 aromatic rings. The van der Waals surface area contributed by atoms with Gasteiger partial charge in [-0.05, 0) is 31.8 Å². The van der Waals surface area contributed by atoms with Crippen LogP contribution >= 0.6 is 0 Å². The number of hydrogen-bond acceptors (Lipinski definition) is 1. The van der Waals surface area contributed by atoms with Gasteiger partial charge in [-0.3, -0.25) is 4.90 Å². The van der Waals surface area contributed by atoms with E-state index in [1.807, 2.05) is 13.8 Å². The van der Waals surface area contributed by atoms with E-state index in [2.05, 4.69) is 17.7 Å². The SMILES string of the molecule is C#CCN1CCC(C)CC1.CC. The maximum atomic E-state index is 5.20. The second kappa shape index (κ2) is 7.18. The first-order valence-electron chi connectivity index (χ1n) is 4.98. The van der Waals surface area contributed by atoms with Crippen molar-refractivity contribution in [1.29, 1.82) is 0 Å². The molecule has 0 amide bonds. The average Bonchev–Trinajstić information content (AvgIpc) is 2.13. The van der Waals surface area contributed by atoms with Crippen LogP contribution in [-0.2, 0) is 0 Å². The Morgan fingerprint density at radius 3 is 2.25 bits per heavy atom. The molecular formula is C11H21N. The standard InChI is InChI=1S/C9H15N.C2H6/c1-3-6-10-7-4-9(2)5-8-10;1-2/h1,9H,4-8H2,2H3;1-2H3. The number of hydrogen-bond donors (Lipinski definition) is 0. The summed E-state index contributed by atoms with van der Waals surface area (Å²) in [6, 6.07) is 0. The molecule has 1 heteroatoms. The van der Waals surface area contributed by atoms with Crippen molar-refractivity contribution in [2.75, 3.05) is 19.6 Å². The normalized spacial score (nSPS) is 19.2. The zero-order chi connectivity index (χ0) is 9.40.